The van der Waals surface area contributed by atoms with Crippen LogP contribution in [0.4, 0.5) is 21.9 Å². The third-order valence-corrected chi connectivity index (χ3v) is 6.69. The van der Waals surface area contributed by atoms with E-state index in [-0.39, 0.29) is 22.1 Å². The molecule has 1 aromatic heterocycles. The van der Waals surface area contributed by atoms with Gasteiger partial charge in [0, 0.05) is 48.8 Å². The average molecular weight is 498 g/mol. The first kappa shape index (κ1) is 23.9. The number of amides is 2. The number of nitrogens with zero attached hydrogens (tertiary/aromatic N) is 2. The van der Waals surface area contributed by atoms with Crippen LogP contribution in [0.15, 0.2) is 60.9 Å². The summed E-state index contributed by atoms with van der Waals surface area (Å²) in [6, 6.07) is 13.2. The zero-order valence-corrected chi connectivity index (χ0v) is 19.9. The molecule has 0 bridgehead atoms. The van der Waals surface area contributed by atoms with Crippen LogP contribution in [0.25, 0.3) is 0 Å². The maximum absolute atomic E-state index is 13.1. The molecule has 0 saturated carbocycles. The number of aromatic nitrogens is 1. The van der Waals surface area contributed by atoms with Crippen molar-refractivity contribution in [2.24, 2.45) is 5.92 Å². The predicted octanol–water partition coefficient (Wildman–Crippen LogP) is 5.24. The second-order valence-corrected chi connectivity index (χ2v) is 9.01. The second kappa shape index (κ2) is 10.8. The number of piperidine rings is 1. The Bertz CT molecular complexity index is 1180. The number of nitrogens with two attached hydrogens (primary N) is 1. The predicted molar refractivity (Wildman–Crippen MR) is 137 cm³/mol. The molecule has 4 N–H and O–H groups in total. The van der Waals surface area contributed by atoms with Crippen molar-refractivity contribution in [3.8, 4) is 0 Å². The van der Waals surface area contributed by atoms with Crippen molar-refractivity contribution in [2.45, 2.75) is 12.8 Å². The first-order valence-electron chi connectivity index (χ1n) is 11.0. The van der Waals surface area contributed by atoms with Gasteiger partial charge in [-0.05, 0) is 61.2 Å². The summed E-state index contributed by atoms with van der Waals surface area (Å²) in [7, 11) is 0. The van der Waals surface area contributed by atoms with Crippen molar-refractivity contribution < 1.29 is 9.59 Å². The number of nitrogen functional groups attached to an aromatic ring is 1. The quantitative estimate of drug-likeness (QED) is 0.319. The van der Waals surface area contributed by atoms with E-state index in [0.29, 0.717) is 28.7 Å². The highest BCUT2D eigenvalue weighted by molar-refractivity contribution is 6.42. The maximum atomic E-state index is 13.1. The van der Waals surface area contributed by atoms with Gasteiger partial charge in [0.25, 0.3) is 0 Å². The number of para-hydroxylation sites is 1. The Morgan fingerprint density at radius 2 is 1.76 bits per heavy atom. The van der Waals surface area contributed by atoms with E-state index < -0.39 is 6.03 Å². The van der Waals surface area contributed by atoms with Gasteiger partial charge in [-0.2, -0.15) is 0 Å². The number of anilines is 3. The van der Waals surface area contributed by atoms with E-state index in [9.17, 15) is 9.59 Å². The number of ketones is 1. The fraction of sp³-hybridized carbons (Fsp3) is 0.240. The van der Waals surface area contributed by atoms with Gasteiger partial charge in [-0.1, -0.05) is 29.3 Å². The molecule has 1 aliphatic rings. The average Bonchev–Trinajstić information content (AvgIpc) is 2.86. The second-order valence-electron chi connectivity index (χ2n) is 8.20. The smallest absolute Gasteiger partial charge is 0.319 e. The number of urea groups is 1. The molecule has 34 heavy (non-hydrogen) atoms. The Morgan fingerprint density at radius 1 is 1.03 bits per heavy atom. The third kappa shape index (κ3) is 5.61. The van der Waals surface area contributed by atoms with Crippen LogP contribution in [0, 0.1) is 5.92 Å². The summed E-state index contributed by atoms with van der Waals surface area (Å²) in [6.07, 6.45) is 5.53. The van der Waals surface area contributed by atoms with Gasteiger partial charge >= 0.3 is 6.03 Å². The molecule has 0 aliphatic carbocycles. The number of rotatable bonds is 6. The summed E-state index contributed by atoms with van der Waals surface area (Å²) >= 11 is 12.0. The molecular weight excluding hydrogens is 473 g/mol. The molecule has 7 nitrogen and oxygen atoms in total. The van der Waals surface area contributed by atoms with Crippen LogP contribution >= 0.6 is 23.2 Å². The van der Waals surface area contributed by atoms with Crippen molar-refractivity contribution in [1.82, 2.24) is 10.3 Å². The Labute approximate surface area is 208 Å². The van der Waals surface area contributed by atoms with Crippen molar-refractivity contribution in [3.05, 3.63) is 82.1 Å². The number of benzene rings is 2. The first-order valence-corrected chi connectivity index (χ1v) is 11.8. The van der Waals surface area contributed by atoms with E-state index in [1.165, 1.54) is 6.07 Å². The Morgan fingerprint density at radius 3 is 2.47 bits per heavy atom. The molecule has 1 fully saturated rings. The Kier molecular flexibility index (Phi) is 7.55. The van der Waals surface area contributed by atoms with Crippen LogP contribution in [-0.4, -0.2) is 36.4 Å². The highest BCUT2D eigenvalue weighted by atomic mass is 35.5. The van der Waals surface area contributed by atoms with E-state index in [4.69, 9.17) is 28.9 Å². The minimum atomic E-state index is -0.405. The van der Waals surface area contributed by atoms with Gasteiger partial charge in [-0.15, -0.1) is 0 Å². The van der Waals surface area contributed by atoms with Gasteiger partial charge in [-0.25, -0.2) is 4.79 Å². The maximum Gasteiger partial charge on any atom is 0.319 e. The number of pyridine rings is 1. The normalized spacial score (nSPS) is 14.0. The van der Waals surface area contributed by atoms with Crippen molar-refractivity contribution >= 4 is 52.1 Å². The molecule has 1 saturated heterocycles. The Balaban J connectivity index is 1.36. The summed E-state index contributed by atoms with van der Waals surface area (Å²) in [5, 5.41) is 6.31. The molecular formula is C25H25Cl2N5O2. The standard InChI is InChI=1S/C25H25Cl2N5O2/c26-20-5-4-17(14-21(20)27)24(33)19-2-1-3-22(28)23(19)31-25(34)30-15-16-8-12-32(13-9-16)18-6-10-29-11-7-18/h1-7,10-11,14,16H,8-9,12-13,15,28H2,(H2,30,31,34). The molecule has 3 aromatic rings. The molecule has 0 radical (unpaired) electrons. The van der Waals surface area contributed by atoms with E-state index in [2.05, 4.69) is 20.5 Å². The number of hydrogen-bond donors (Lipinski definition) is 3. The molecule has 0 spiro atoms. The van der Waals surface area contributed by atoms with E-state index in [0.717, 1.165) is 31.6 Å². The first-order chi connectivity index (χ1) is 16.4. The van der Waals surface area contributed by atoms with E-state index in [1.54, 1.807) is 42.7 Å². The lowest BCUT2D eigenvalue weighted by molar-refractivity contribution is 0.103. The minimum Gasteiger partial charge on any atom is -0.397 e. The summed E-state index contributed by atoms with van der Waals surface area (Å²) in [4.78, 5) is 32.1. The van der Waals surface area contributed by atoms with Gasteiger partial charge in [-0.3, -0.25) is 9.78 Å². The topological polar surface area (TPSA) is 100 Å². The van der Waals surface area contributed by atoms with Crippen LogP contribution in [-0.2, 0) is 0 Å². The largest absolute Gasteiger partial charge is 0.397 e. The van der Waals surface area contributed by atoms with Gasteiger partial charge < -0.3 is 21.3 Å². The number of nitrogens with one attached hydrogen (secondary N) is 2. The van der Waals surface area contributed by atoms with Crippen LogP contribution < -0.4 is 21.3 Å². The van der Waals surface area contributed by atoms with Crippen molar-refractivity contribution in [3.63, 3.8) is 0 Å². The third-order valence-electron chi connectivity index (χ3n) is 5.96. The zero-order valence-electron chi connectivity index (χ0n) is 18.4. The molecule has 176 valence electrons. The molecule has 0 unspecified atom stereocenters. The molecule has 9 heteroatoms. The summed E-state index contributed by atoms with van der Waals surface area (Å²) < 4.78 is 0. The van der Waals surface area contributed by atoms with Crippen molar-refractivity contribution in [2.75, 3.05) is 35.6 Å². The number of carbonyl (C=O) groups excluding carboxylic acids is 2. The lowest BCUT2D eigenvalue weighted by Crippen LogP contribution is -2.40. The van der Waals surface area contributed by atoms with Crippen LogP contribution in [0.2, 0.25) is 10.0 Å². The fourth-order valence-corrected chi connectivity index (χ4v) is 4.33. The molecule has 1 aliphatic heterocycles. The SMILES string of the molecule is Nc1cccc(C(=O)c2ccc(Cl)c(Cl)c2)c1NC(=O)NCC1CCN(c2ccncc2)CC1. The summed E-state index contributed by atoms with van der Waals surface area (Å²) in [5.74, 6) is 0.0546. The number of carbonyl (C=O) groups is 2. The molecule has 0 atom stereocenters. The van der Waals surface area contributed by atoms with Crippen LogP contribution in [0.1, 0.15) is 28.8 Å². The van der Waals surface area contributed by atoms with Gasteiger partial charge in [0.15, 0.2) is 5.78 Å². The van der Waals surface area contributed by atoms with Crippen LogP contribution in [0.5, 0.6) is 0 Å². The van der Waals surface area contributed by atoms with Gasteiger partial charge in [0.2, 0.25) is 0 Å². The molecule has 2 heterocycles. The molecule has 2 amide bonds. The number of hydrogen-bond acceptors (Lipinski definition) is 5. The highest BCUT2D eigenvalue weighted by Gasteiger charge is 2.21. The molecule has 2 aromatic carbocycles. The minimum absolute atomic E-state index is 0.267. The van der Waals surface area contributed by atoms with Crippen LogP contribution in [0.3, 0.4) is 0 Å². The fourth-order valence-electron chi connectivity index (χ4n) is 4.04. The number of halogens is 2. The Hall–Kier alpha value is -3.29. The van der Waals surface area contributed by atoms with Gasteiger partial charge in [0.1, 0.15) is 0 Å². The monoisotopic (exact) mass is 497 g/mol. The molecule has 4 rings (SSSR count). The van der Waals surface area contributed by atoms with E-state index >= 15 is 0 Å². The lowest BCUT2D eigenvalue weighted by Gasteiger charge is -2.33. The summed E-state index contributed by atoms with van der Waals surface area (Å²) in [6.45, 7) is 2.39. The zero-order chi connectivity index (χ0) is 24.1. The highest BCUT2D eigenvalue weighted by Crippen LogP contribution is 2.29. The summed E-state index contributed by atoms with van der Waals surface area (Å²) in [5.41, 5.74) is 8.46. The van der Waals surface area contributed by atoms with E-state index in [1.807, 2.05) is 12.1 Å². The van der Waals surface area contributed by atoms with Crippen molar-refractivity contribution in [1.29, 1.82) is 0 Å². The lowest BCUT2D eigenvalue weighted by atomic mass is 9.96. The van der Waals surface area contributed by atoms with Gasteiger partial charge in [0.05, 0.1) is 21.4 Å².